The van der Waals surface area contributed by atoms with Gasteiger partial charge in [-0.05, 0) is 75.2 Å². The van der Waals surface area contributed by atoms with Crippen molar-refractivity contribution in [2.45, 2.75) is 38.6 Å². The van der Waals surface area contributed by atoms with Crippen LogP contribution in [0.4, 0.5) is 5.69 Å². The lowest BCUT2D eigenvalue weighted by Gasteiger charge is -2.27. The number of hydrogen-bond donors (Lipinski definition) is 1. The SMILES string of the molecule is COc1ccc(OC)c(C(C)NC(=O)CN(c2cccc(C)c2C)S(=O)(=O)c2ccc(C)cc2)c1. The number of carbonyl (C=O) groups is 1. The zero-order valence-electron chi connectivity index (χ0n) is 21.0. The average molecular weight is 497 g/mol. The Morgan fingerprint density at radius 2 is 1.66 bits per heavy atom. The molecule has 8 heteroatoms. The molecular weight excluding hydrogens is 464 g/mol. The highest BCUT2D eigenvalue weighted by Gasteiger charge is 2.29. The number of carbonyl (C=O) groups excluding carboxylic acids is 1. The highest BCUT2D eigenvalue weighted by Crippen LogP contribution is 2.31. The molecule has 0 aromatic heterocycles. The number of nitrogens with one attached hydrogen (secondary N) is 1. The average Bonchev–Trinajstić information content (AvgIpc) is 2.84. The number of sulfonamides is 1. The quantitative estimate of drug-likeness (QED) is 0.464. The Morgan fingerprint density at radius 1 is 0.971 bits per heavy atom. The van der Waals surface area contributed by atoms with Crippen molar-refractivity contribution < 1.29 is 22.7 Å². The summed E-state index contributed by atoms with van der Waals surface area (Å²) in [5.41, 5.74) is 3.85. The molecule has 0 aliphatic carbocycles. The van der Waals surface area contributed by atoms with Gasteiger partial charge in [-0.3, -0.25) is 9.10 Å². The van der Waals surface area contributed by atoms with E-state index in [-0.39, 0.29) is 11.4 Å². The Kier molecular flexibility index (Phi) is 8.07. The second-order valence-corrected chi connectivity index (χ2v) is 10.3. The number of ether oxygens (including phenoxy) is 2. The fourth-order valence-corrected chi connectivity index (χ4v) is 5.29. The third-order valence-electron chi connectivity index (χ3n) is 6.02. The second-order valence-electron chi connectivity index (χ2n) is 8.44. The van der Waals surface area contributed by atoms with Crippen molar-refractivity contribution in [2.75, 3.05) is 25.1 Å². The molecule has 1 unspecified atom stereocenters. The summed E-state index contributed by atoms with van der Waals surface area (Å²) >= 11 is 0. The topological polar surface area (TPSA) is 84.9 Å². The highest BCUT2D eigenvalue weighted by molar-refractivity contribution is 7.92. The van der Waals surface area contributed by atoms with Crippen molar-refractivity contribution >= 4 is 21.6 Å². The van der Waals surface area contributed by atoms with Crippen molar-refractivity contribution in [2.24, 2.45) is 0 Å². The van der Waals surface area contributed by atoms with Gasteiger partial charge in [-0.15, -0.1) is 0 Å². The van der Waals surface area contributed by atoms with Gasteiger partial charge in [0.15, 0.2) is 0 Å². The summed E-state index contributed by atoms with van der Waals surface area (Å²) in [6, 6.07) is 16.9. The molecule has 0 aliphatic rings. The van der Waals surface area contributed by atoms with Gasteiger partial charge in [0.2, 0.25) is 5.91 Å². The summed E-state index contributed by atoms with van der Waals surface area (Å²) in [7, 11) is -0.887. The van der Waals surface area contributed by atoms with Gasteiger partial charge in [-0.1, -0.05) is 29.8 Å². The van der Waals surface area contributed by atoms with Crippen LogP contribution in [0, 0.1) is 20.8 Å². The molecule has 0 aliphatic heterocycles. The van der Waals surface area contributed by atoms with Crippen molar-refractivity contribution in [3.05, 3.63) is 82.9 Å². The maximum absolute atomic E-state index is 13.7. The van der Waals surface area contributed by atoms with Gasteiger partial charge in [0, 0.05) is 5.56 Å². The molecule has 3 aromatic rings. The van der Waals surface area contributed by atoms with E-state index in [1.54, 1.807) is 68.8 Å². The van der Waals surface area contributed by atoms with Crippen LogP contribution in [0.1, 0.15) is 35.2 Å². The minimum atomic E-state index is -4.00. The molecule has 0 saturated heterocycles. The van der Waals surface area contributed by atoms with E-state index < -0.39 is 22.0 Å². The molecule has 0 saturated carbocycles. The summed E-state index contributed by atoms with van der Waals surface area (Å²) in [4.78, 5) is 13.3. The maximum atomic E-state index is 13.7. The molecule has 0 bridgehead atoms. The number of benzene rings is 3. The normalized spacial score (nSPS) is 12.1. The van der Waals surface area contributed by atoms with Crippen LogP contribution < -0.4 is 19.1 Å². The van der Waals surface area contributed by atoms with E-state index in [4.69, 9.17) is 9.47 Å². The van der Waals surface area contributed by atoms with E-state index in [0.717, 1.165) is 22.3 Å². The zero-order chi connectivity index (χ0) is 25.8. The number of methoxy groups -OCH3 is 2. The molecule has 186 valence electrons. The molecule has 0 fully saturated rings. The van der Waals surface area contributed by atoms with Crippen LogP contribution >= 0.6 is 0 Å². The van der Waals surface area contributed by atoms with E-state index in [1.165, 1.54) is 4.31 Å². The minimum Gasteiger partial charge on any atom is -0.497 e. The van der Waals surface area contributed by atoms with Gasteiger partial charge in [0.05, 0.1) is 30.8 Å². The number of aryl methyl sites for hydroxylation is 2. The van der Waals surface area contributed by atoms with Crippen molar-refractivity contribution in [1.29, 1.82) is 0 Å². The second kappa shape index (κ2) is 10.8. The molecule has 3 rings (SSSR count). The minimum absolute atomic E-state index is 0.124. The van der Waals surface area contributed by atoms with Crippen molar-refractivity contribution in [1.82, 2.24) is 5.32 Å². The first-order valence-electron chi connectivity index (χ1n) is 11.3. The van der Waals surface area contributed by atoms with Crippen LogP contribution in [0.25, 0.3) is 0 Å². The molecule has 0 radical (unpaired) electrons. The van der Waals surface area contributed by atoms with Crippen molar-refractivity contribution in [3.63, 3.8) is 0 Å². The number of anilines is 1. The van der Waals surface area contributed by atoms with Gasteiger partial charge in [0.25, 0.3) is 10.0 Å². The molecule has 1 atom stereocenters. The lowest BCUT2D eigenvalue weighted by atomic mass is 10.1. The summed E-state index contributed by atoms with van der Waals surface area (Å²) in [5.74, 6) is 0.775. The zero-order valence-corrected chi connectivity index (χ0v) is 21.8. The molecule has 1 amide bonds. The van der Waals surface area contributed by atoms with E-state index in [9.17, 15) is 13.2 Å². The summed E-state index contributed by atoms with van der Waals surface area (Å²) < 4.78 is 39.3. The highest BCUT2D eigenvalue weighted by atomic mass is 32.2. The molecule has 3 aromatic carbocycles. The summed E-state index contributed by atoms with van der Waals surface area (Å²) in [6.45, 7) is 7.08. The lowest BCUT2D eigenvalue weighted by Crippen LogP contribution is -2.42. The van der Waals surface area contributed by atoms with E-state index in [0.29, 0.717) is 17.2 Å². The van der Waals surface area contributed by atoms with E-state index in [2.05, 4.69) is 5.32 Å². The van der Waals surface area contributed by atoms with Crippen LogP contribution in [-0.2, 0) is 14.8 Å². The van der Waals surface area contributed by atoms with Crippen LogP contribution in [0.5, 0.6) is 11.5 Å². The first-order valence-corrected chi connectivity index (χ1v) is 12.7. The Bertz CT molecular complexity index is 1300. The lowest BCUT2D eigenvalue weighted by molar-refractivity contribution is -0.120. The van der Waals surface area contributed by atoms with Gasteiger partial charge in [-0.2, -0.15) is 0 Å². The van der Waals surface area contributed by atoms with Crippen molar-refractivity contribution in [3.8, 4) is 11.5 Å². The van der Waals surface area contributed by atoms with Gasteiger partial charge in [0.1, 0.15) is 18.0 Å². The van der Waals surface area contributed by atoms with Gasteiger partial charge >= 0.3 is 0 Å². The third-order valence-corrected chi connectivity index (χ3v) is 7.80. The molecular formula is C27H32N2O5S. The first kappa shape index (κ1) is 26.1. The van der Waals surface area contributed by atoms with Gasteiger partial charge < -0.3 is 14.8 Å². The Balaban J connectivity index is 1.96. The third kappa shape index (κ3) is 5.77. The number of hydrogen-bond acceptors (Lipinski definition) is 5. The smallest absolute Gasteiger partial charge is 0.264 e. The maximum Gasteiger partial charge on any atom is 0.264 e. The van der Waals surface area contributed by atoms with Gasteiger partial charge in [-0.25, -0.2) is 8.42 Å². The first-order chi connectivity index (χ1) is 16.6. The Labute approximate surface area is 207 Å². The molecule has 1 N–H and O–H groups in total. The summed E-state index contributed by atoms with van der Waals surface area (Å²) in [5, 5.41) is 2.91. The molecule has 7 nitrogen and oxygen atoms in total. The largest absolute Gasteiger partial charge is 0.497 e. The number of nitrogens with zero attached hydrogens (tertiary/aromatic N) is 1. The van der Waals surface area contributed by atoms with E-state index >= 15 is 0 Å². The van der Waals surface area contributed by atoms with Crippen LogP contribution in [0.3, 0.4) is 0 Å². The molecule has 35 heavy (non-hydrogen) atoms. The fourth-order valence-electron chi connectivity index (χ4n) is 3.82. The predicted molar refractivity (Wildman–Crippen MR) is 138 cm³/mol. The van der Waals surface area contributed by atoms with Crippen LogP contribution in [0.15, 0.2) is 65.6 Å². The number of rotatable bonds is 9. The standard InChI is InChI=1S/C27H32N2O5S/c1-18-10-13-23(14-11-18)35(31,32)29(25-9-7-8-19(2)20(25)3)17-27(30)28-21(4)24-16-22(33-5)12-15-26(24)34-6/h7-16,21H,17H2,1-6H3,(H,28,30). The van der Waals surface area contributed by atoms with E-state index in [1.807, 2.05) is 33.8 Å². The van der Waals surface area contributed by atoms with Crippen LogP contribution in [-0.4, -0.2) is 35.1 Å². The Hall–Kier alpha value is -3.52. The van der Waals surface area contributed by atoms with Crippen LogP contribution in [0.2, 0.25) is 0 Å². The Morgan fingerprint density at radius 3 is 2.29 bits per heavy atom. The fraction of sp³-hybridized carbons (Fsp3) is 0.296. The molecule has 0 heterocycles. The number of amides is 1. The molecule has 0 spiro atoms. The monoisotopic (exact) mass is 496 g/mol. The predicted octanol–water partition coefficient (Wildman–Crippen LogP) is 4.70. The summed E-state index contributed by atoms with van der Waals surface area (Å²) in [6.07, 6.45) is 0.